The van der Waals surface area contributed by atoms with Gasteiger partial charge in [0.05, 0.1) is 5.69 Å². The van der Waals surface area contributed by atoms with Gasteiger partial charge in [0, 0.05) is 12.6 Å². The number of nitrogens with one attached hydrogen (secondary N) is 2. The van der Waals surface area contributed by atoms with Crippen molar-refractivity contribution in [3.8, 4) is 0 Å². The molecular weight excluding hydrogens is 272 g/mol. The maximum Gasteiger partial charge on any atom is 0.242 e. The second-order valence-corrected chi connectivity index (χ2v) is 7.42. The van der Waals surface area contributed by atoms with Crippen LogP contribution in [0.4, 0.5) is 5.69 Å². The molecule has 0 amide bonds. The molecule has 0 radical (unpaired) electrons. The molecule has 1 aromatic carbocycles. The first-order chi connectivity index (χ1) is 9.33. The van der Waals surface area contributed by atoms with Gasteiger partial charge in [-0.25, -0.2) is 13.1 Å². The van der Waals surface area contributed by atoms with Gasteiger partial charge in [0.25, 0.3) is 0 Å². The molecule has 0 saturated carbocycles. The van der Waals surface area contributed by atoms with E-state index >= 15 is 0 Å². The van der Waals surface area contributed by atoms with Crippen molar-refractivity contribution in [2.24, 2.45) is 5.92 Å². The zero-order chi connectivity index (χ0) is 15.2. The molecule has 0 unspecified atom stereocenters. The molecule has 4 nitrogen and oxygen atoms in total. The van der Waals surface area contributed by atoms with Crippen LogP contribution in [-0.2, 0) is 10.0 Å². The molecular formula is C15H26N2O2S. The Hall–Kier alpha value is -1.07. The zero-order valence-corrected chi connectivity index (χ0v) is 13.6. The third-order valence-electron chi connectivity index (χ3n) is 2.84. The maximum atomic E-state index is 12.3. The van der Waals surface area contributed by atoms with Crippen molar-refractivity contribution in [3.05, 3.63) is 24.3 Å². The summed E-state index contributed by atoms with van der Waals surface area (Å²) >= 11 is 0. The van der Waals surface area contributed by atoms with Gasteiger partial charge in [-0.15, -0.1) is 0 Å². The van der Waals surface area contributed by atoms with Crippen molar-refractivity contribution < 1.29 is 8.42 Å². The Kier molecular flexibility index (Phi) is 6.49. The first kappa shape index (κ1) is 17.0. The van der Waals surface area contributed by atoms with Gasteiger partial charge in [-0.05, 0) is 44.7 Å². The molecule has 0 aliphatic heterocycles. The van der Waals surface area contributed by atoms with Gasteiger partial charge in [-0.1, -0.05) is 26.0 Å². The van der Waals surface area contributed by atoms with Crippen molar-refractivity contribution in [3.63, 3.8) is 0 Å². The number of anilines is 1. The summed E-state index contributed by atoms with van der Waals surface area (Å²) < 4.78 is 27.1. The summed E-state index contributed by atoms with van der Waals surface area (Å²) in [5.41, 5.74) is 0.671. The Balaban J connectivity index is 2.78. The lowest BCUT2D eigenvalue weighted by Gasteiger charge is -2.15. The van der Waals surface area contributed by atoms with Crippen molar-refractivity contribution >= 4 is 15.7 Å². The standard InChI is InChI=1S/C15H26N2O2S/c1-12(2)8-7-11-16-14-9-5-6-10-15(14)20(18,19)17-13(3)4/h5-6,9-10,12-13,16-17H,7-8,11H2,1-4H3. The zero-order valence-electron chi connectivity index (χ0n) is 12.8. The minimum Gasteiger partial charge on any atom is -0.384 e. The van der Waals surface area contributed by atoms with E-state index in [1.807, 2.05) is 26.0 Å². The quantitative estimate of drug-likeness (QED) is 0.724. The van der Waals surface area contributed by atoms with Crippen LogP contribution >= 0.6 is 0 Å². The third-order valence-corrected chi connectivity index (χ3v) is 4.56. The van der Waals surface area contributed by atoms with Crippen LogP contribution in [-0.4, -0.2) is 21.0 Å². The first-order valence-corrected chi connectivity index (χ1v) is 8.66. The Morgan fingerprint density at radius 3 is 2.35 bits per heavy atom. The molecule has 2 N–H and O–H groups in total. The van der Waals surface area contributed by atoms with Crippen molar-refractivity contribution in [2.75, 3.05) is 11.9 Å². The fourth-order valence-electron chi connectivity index (χ4n) is 1.95. The number of sulfonamides is 1. The fourth-order valence-corrected chi connectivity index (χ4v) is 3.39. The molecule has 0 saturated heterocycles. The Morgan fingerprint density at radius 2 is 1.75 bits per heavy atom. The molecule has 0 heterocycles. The second kappa shape index (κ2) is 7.64. The highest BCUT2D eigenvalue weighted by Gasteiger charge is 2.18. The van der Waals surface area contributed by atoms with Crippen LogP contribution in [0.1, 0.15) is 40.5 Å². The van der Waals surface area contributed by atoms with E-state index in [4.69, 9.17) is 0 Å². The molecule has 0 aromatic heterocycles. The highest BCUT2D eigenvalue weighted by Crippen LogP contribution is 2.21. The van der Waals surface area contributed by atoms with E-state index in [2.05, 4.69) is 23.9 Å². The molecule has 5 heteroatoms. The van der Waals surface area contributed by atoms with E-state index in [9.17, 15) is 8.42 Å². The predicted octanol–water partition coefficient (Wildman–Crippen LogP) is 3.22. The van der Waals surface area contributed by atoms with Gasteiger partial charge in [-0.3, -0.25) is 0 Å². The van der Waals surface area contributed by atoms with Gasteiger partial charge in [0.1, 0.15) is 4.90 Å². The lowest BCUT2D eigenvalue weighted by molar-refractivity contribution is 0.564. The van der Waals surface area contributed by atoms with E-state index in [0.29, 0.717) is 16.5 Å². The normalized spacial score (nSPS) is 12.1. The van der Waals surface area contributed by atoms with Crippen molar-refractivity contribution in [1.29, 1.82) is 0 Å². The van der Waals surface area contributed by atoms with E-state index in [1.54, 1.807) is 12.1 Å². The highest BCUT2D eigenvalue weighted by atomic mass is 32.2. The number of hydrogen-bond donors (Lipinski definition) is 2. The first-order valence-electron chi connectivity index (χ1n) is 7.18. The monoisotopic (exact) mass is 298 g/mol. The second-order valence-electron chi connectivity index (χ2n) is 5.73. The van der Waals surface area contributed by atoms with Crippen LogP contribution in [0.3, 0.4) is 0 Å². The molecule has 20 heavy (non-hydrogen) atoms. The van der Waals surface area contributed by atoms with Crippen LogP contribution in [0.5, 0.6) is 0 Å². The van der Waals surface area contributed by atoms with E-state index in [1.165, 1.54) is 0 Å². The SMILES string of the molecule is CC(C)CCCNc1ccccc1S(=O)(=O)NC(C)C. The fraction of sp³-hybridized carbons (Fsp3) is 0.600. The number of benzene rings is 1. The molecule has 0 aliphatic carbocycles. The van der Waals surface area contributed by atoms with Gasteiger partial charge < -0.3 is 5.32 Å². The molecule has 1 rings (SSSR count). The topological polar surface area (TPSA) is 58.2 Å². The lowest BCUT2D eigenvalue weighted by Crippen LogP contribution is -2.30. The molecule has 0 fully saturated rings. The maximum absolute atomic E-state index is 12.3. The Bertz CT molecular complexity index is 510. The summed E-state index contributed by atoms with van der Waals surface area (Å²) in [6.07, 6.45) is 2.16. The van der Waals surface area contributed by atoms with Crippen LogP contribution in [0.25, 0.3) is 0 Å². The van der Waals surface area contributed by atoms with E-state index < -0.39 is 10.0 Å². The van der Waals surface area contributed by atoms with Gasteiger partial charge in [-0.2, -0.15) is 0 Å². The van der Waals surface area contributed by atoms with Crippen LogP contribution in [0.2, 0.25) is 0 Å². The average molecular weight is 298 g/mol. The summed E-state index contributed by atoms with van der Waals surface area (Å²) in [7, 11) is -3.46. The number of para-hydroxylation sites is 1. The summed E-state index contributed by atoms with van der Waals surface area (Å²) in [5.74, 6) is 0.665. The van der Waals surface area contributed by atoms with Crippen molar-refractivity contribution in [2.45, 2.75) is 51.5 Å². The number of rotatable bonds is 8. The minimum atomic E-state index is -3.46. The molecule has 0 atom stereocenters. The predicted molar refractivity (Wildman–Crippen MR) is 84.5 cm³/mol. The Morgan fingerprint density at radius 1 is 1.10 bits per heavy atom. The summed E-state index contributed by atoms with van der Waals surface area (Å²) in [5, 5.41) is 3.23. The molecule has 0 bridgehead atoms. The van der Waals surface area contributed by atoms with Gasteiger partial charge >= 0.3 is 0 Å². The summed E-state index contributed by atoms with van der Waals surface area (Å²) in [6, 6.07) is 6.92. The van der Waals surface area contributed by atoms with E-state index in [0.717, 1.165) is 19.4 Å². The third kappa shape index (κ3) is 5.51. The van der Waals surface area contributed by atoms with Crippen LogP contribution in [0, 0.1) is 5.92 Å². The minimum absolute atomic E-state index is 0.117. The van der Waals surface area contributed by atoms with Crippen LogP contribution < -0.4 is 10.0 Å². The molecule has 114 valence electrons. The largest absolute Gasteiger partial charge is 0.384 e. The summed E-state index contributed by atoms with van der Waals surface area (Å²) in [4.78, 5) is 0.318. The molecule has 1 aromatic rings. The van der Waals surface area contributed by atoms with Crippen molar-refractivity contribution in [1.82, 2.24) is 4.72 Å². The molecule has 0 aliphatic rings. The average Bonchev–Trinajstić information content (AvgIpc) is 2.33. The summed E-state index contributed by atoms with van der Waals surface area (Å²) in [6.45, 7) is 8.79. The smallest absolute Gasteiger partial charge is 0.242 e. The van der Waals surface area contributed by atoms with E-state index in [-0.39, 0.29) is 6.04 Å². The lowest BCUT2D eigenvalue weighted by atomic mass is 10.1. The number of hydrogen-bond acceptors (Lipinski definition) is 3. The molecule has 0 spiro atoms. The highest BCUT2D eigenvalue weighted by molar-refractivity contribution is 7.89. The van der Waals surface area contributed by atoms with Gasteiger partial charge in [0.2, 0.25) is 10.0 Å². The van der Waals surface area contributed by atoms with Crippen LogP contribution in [0.15, 0.2) is 29.2 Å². The Labute approximate surface area is 123 Å². The van der Waals surface area contributed by atoms with Gasteiger partial charge in [0.15, 0.2) is 0 Å².